The first kappa shape index (κ1) is 23.3. The number of nitrogens with zero attached hydrogens (tertiary/aromatic N) is 3. The fraction of sp³-hybridized carbons (Fsp3) is 0.360. The van der Waals surface area contributed by atoms with E-state index in [1.807, 2.05) is 12.1 Å². The number of hydrogen-bond acceptors (Lipinski definition) is 3. The van der Waals surface area contributed by atoms with Gasteiger partial charge in [-0.25, -0.2) is 0 Å². The molecule has 8 heteroatoms. The molecular weight excluding hydrogens is 447 g/mol. The quantitative estimate of drug-likeness (QED) is 0.400. The molecule has 0 saturated heterocycles. The van der Waals surface area contributed by atoms with Gasteiger partial charge in [-0.2, -0.15) is 18.3 Å². The second-order valence-electron chi connectivity index (χ2n) is 8.49. The third-order valence-corrected chi connectivity index (χ3v) is 7.45. The Hall–Kier alpha value is -2.87. The van der Waals surface area contributed by atoms with Crippen LogP contribution in [0.15, 0.2) is 49.2 Å². The number of alkyl halides is 3. The first-order valence-electron chi connectivity index (χ1n) is 10.9. The van der Waals surface area contributed by atoms with E-state index in [0.717, 1.165) is 16.0 Å². The predicted molar refractivity (Wildman–Crippen MR) is 124 cm³/mol. The van der Waals surface area contributed by atoms with Gasteiger partial charge in [0.1, 0.15) is 0 Å². The normalized spacial score (nSPS) is 16.2. The molecule has 0 fully saturated rings. The zero-order chi connectivity index (χ0) is 23.9. The maximum atomic E-state index is 13.9. The average molecular weight is 474 g/mol. The van der Waals surface area contributed by atoms with E-state index < -0.39 is 11.9 Å². The second-order valence-corrected chi connectivity index (χ2v) is 9.66. The van der Waals surface area contributed by atoms with Crippen molar-refractivity contribution in [1.82, 2.24) is 14.7 Å². The molecule has 1 amide bonds. The molecule has 0 bridgehead atoms. The van der Waals surface area contributed by atoms with E-state index >= 15 is 0 Å². The fourth-order valence-corrected chi connectivity index (χ4v) is 5.57. The van der Waals surface area contributed by atoms with Gasteiger partial charge in [-0.15, -0.1) is 11.3 Å². The molecular formula is C25H26F3N3OS. The highest BCUT2D eigenvalue weighted by Gasteiger charge is 2.39. The SMILES string of the molecule is C=CC(=O)N1Cc2sc(C(C)C)cc2[C@H](c2ccccc2-c2cn(CC)nc2C(F)(F)F)C1. The highest BCUT2D eigenvalue weighted by molar-refractivity contribution is 7.12. The number of benzene rings is 1. The molecule has 0 saturated carbocycles. The lowest BCUT2D eigenvalue weighted by atomic mass is 9.83. The van der Waals surface area contributed by atoms with Crippen LogP contribution in [0.3, 0.4) is 0 Å². The number of carbonyl (C=O) groups excluding carboxylic acids is 1. The van der Waals surface area contributed by atoms with Crippen LogP contribution in [0.5, 0.6) is 0 Å². The number of carbonyl (C=O) groups is 1. The lowest BCUT2D eigenvalue weighted by molar-refractivity contribution is -0.141. The van der Waals surface area contributed by atoms with Crippen LogP contribution in [0.25, 0.3) is 11.1 Å². The third-order valence-electron chi connectivity index (χ3n) is 6.01. The van der Waals surface area contributed by atoms with E-state index in [0.29, 0.717) is 31.1 Å². The topological polar surface area (TPSA) is 38.1 Å². The molecule has 3 heterocycles. The number of amides is 1. The monoisotopic (exact) mass is 473 g/mol. The van der Waals surface area contributed by atoms with Crippen LogP contribution in [0, 0.1) is 0 Å². The zero-order valence-electron chi connectivity index (χ0n) is 18.8. The summed E-state index contributed by atoms with van der Waals surface area (Å²) < 4.78 is 42.9. The Balaban J connectivity index is 1.90. The van der Waals surface area contributed by atoms with Gasteiger partial charge in [-0.1, -0.05) is 44.7 Å². The Bertz CT molecular complexity index is 1190. The van der Waals surface area contributed by atoms with Gasteiger partial charge in [-0.3, -0.25) is 9.48 Å². The summed E-state index contributed by atoms with van der Waals surface area (Å²) >= 11 is 1.67. The Labute approximate surface area is 195 Å². The zero-order valence-corrected chi connectivity index (χ0v) is 19.6. The van der Waals surface area contributed by atoms with Gasteiger partial charge >= 0.3 is 6.18 Å². The summed E-state index contributed by atoms with van der Waals surface area (Å²) in [6, 6.07) is 9.31. The molecule has 1 atom stereocenters. The fourth-order valence-electron chi connectivity index (χ4n) is 4.32. The summed E-state index contributed by atoms with van der Waals surface area (Å²) in [6.45, 7) is 10.8. The van der Waals surface area contributed by atoms with E-state index in [4.69, 9.17) is 0 Å². The Morgan fingerprint density at radius 1 is 1.27 bits per heavy atom. The van der Waals surface area contributed by atoms with E-state index in [9.17, 15) is 18.0 Å². The minimum Gasteiger partial charge on any atom is -0.333 e. The van der Waals surface area contributed by atoms with Gasteiger partial charge < -0.3 is 4.90 Å². The molecule has 0 unspecified atom stereocenters. The predicted octanol–water partition coefficient (Wildman–Crippen LogP) is 6.43. The van der Waals surface area contributed by atoms with Gasteiger partial charge in [0, 0.05) is 40.5 Å². The van der Waals surface area contributed by atoms with Crippen LogP contribution < -0.4 is 0 Å². The Morgan fingerprint density at radius 2 is 2.00 bits per heavy atom. The number of halogens is 3. The molecule has 1 aliphatic heterocycles. The molecule has 0 radical (unpaired) electrons. The third kappa shape index (κ3) is 4.36. The summed E-state index contributed by atoms with van der Waals surface area (Å²) in [7, 11) is 0. The van der Waals surface area contributed by atoms with Crippen molar-refractivity contribution in [3.05, 3.63) is 75.8 Å². The van der Waals surface area contributed by atoms with Gasteiger partial charge in [0.05, 0.1) is 6.54 Å². The van der Waals surface area contributed by atoms with Crippen LogP contribution >= 0.6 is 11.3 Å². The minimum absolute atomic E-state index is 0.0629. The molecule has 4 rings (SSSR count). The summed E-state index contributed by atoms with van der Waals surface area (Å²) in [6.07, 6.45) is -1.82. The molecule has 0 aliphatic carbocycles. The van der Waals surface area contributed by atoms with Crippen LogP contribution in [0.4, 0.5) is 13.2 Å². The van der Waals surface area contributed by atoms with Crippen molar-refractivity contribution in [2.45, 2.75) is 51.9 Å². The van der Waals surface area contributed by atoms with Crippen molar-refractivity contribution < 1.29 is 18.0 Å². The summed E-state index contributed by atoms with van der Waals surface area (Å²) in [5.74, 6) is -0.110. The number of fused-ring (bicyclic) bond motifs is 1. The first-order valence-corrected chi connectivity index (χ1v) is 11.7. The number of aryl methyl sites for hydroxylation is 1. The lowest BCUT2D eigenvalue weighted by Crippen LogP contribution is -2.37. The van der Waals surface area contributed by atoms with Crippen LogP contribution in [0.1, 0.15) is 59.2 Å². The summed E-state index contributed by atoms with van der Waals surface area (Å²) in [4.78, 5) is 16.5. The smallest absolute Gasteiger partial charge is 0.333 e. The van der Waals surface area contributed by atoms with Gasteiger partial charge in [0.2, 0.25) is 5.91 Å². The van der Waals surface area contributed by atoms with Crippen molar-refractivity contribution in [1.29, 1.82) is 0 Å². The molecule has 4 nitrogen and oxygen atoms in total. The number of rotatable bonds is 5. The molecule has 1 aliphatic rings. The van der Waals surface area contributed by atoms with Crippen molar-refractivity contribution in [3.63, 3.8) is 0 Å². The molecule has 33 heavy (non-hydrogen) atoms. The maximum Gasteiger partial charge on any atom is 0.435 e. The second kappa shape index (κ2) is 8.82. The van der Waals surface area contributed by atoms with Gasteiger partial charge in [0.15, 0.2) is 5.69 Å². The van der Waals surface area contributed by atoms with Gasteiger partial charge in [-0.05, 0) is 41.7 Å². The van der Waals surface area contributed by atoms with E-state index in [1.165, 1.54) is 21.8 Å². The van der Waals surface area contributed by atoms with Crippen molar-refractivity contribution >= 4 is 17.2 Å². The highest BCUT2D eigenvalue weighted by atomic mass is 32.1. The van der Waals surface area contributed by atoms with Gasteiger partial charge in [0.25, 0.3) is 0 Å². The van der Waals surface area contributed by atoms with E-state index in [2.05, 4.69) is 31.6 Å². The van der Waals surface area contributed by atoms with Crippen molar-refractivity contribution in [2.24, 2.45) is 0 Å². The number of aromatic nitrogens is 2. The summed E-state index contributed by atoms with van der Waals surface area (Å²) in [5, 5.41) is 3.81. The molecule has 2 aromatic heterocycles. The summed E-state index contributed by atoms with van der Waals surface area (Å²) in [5.41, 5.74) is 1.51. The molecule has 174 valence electrons. The molecule has 1 aromatic carbocycles. The van der Waals surface area contributed by atoms with Crippen LogP contribution in [-0.2, 0) is 24.1 Å². The number of thiophene rings is 1. The number of hydrogen-bond donors (Lipinski definition) is 0. The molecule has 0 N–H and O–H groups in total. The standard InChI is InChI=1S/C25H26F3N3OS/c1-5-23(32)30-12-19(18-11-21(15(3)4)33-22(18)14-30)16-9-7-8-10-17(16)20-13-31(6-2)29-24(20)25(26,27)28/h5,7-11,13,15,19H,1,6,12,14H2,2-4H3/t19-/m0/s1. The maximum absolute atomic E-state index is 13.9. The van der Waals surface area contributed by atoms with Crippen LogP contribution in [0.2, 0.25) is 0 Å². The van der Waals surface area contributed by atoms with E-state index in [-0.39, 0.29) is 17.4 Å². The molecule has 0 spiro atoms. The first-order chi connectivity index (χ1) is 15.6. The van der Waals surface area contributed by atoms with Crippen molar-refractivity contribution in [2.75, 3.05) is 6.54 Å². The Kier molecular flexibility index (Phi) is 6.22. The largest absolute Gasteiger partial charge is 0.435 e. The highest BCUT2D eigenvalue weighted by Crippen LogP contribution is 2.45. The average Bonchev–Trinajstić information content (AvgIpc) is 3.42. The van der Waals surface area contributed by atoms with E-state index in [1.54, 1.807) is 35.3 Å². The molecule has 3 aromatic rings. The van der Waals surface area contributed by atoms with Crippen LogP contribution in [-0.4, -0.2) is 27.1 Å². The Morgan fingerprint density at radius 3 is 2.64 bits per heavy atom. The van der Waals surface area contributed by atoms with Crippen molar-refractivity contribution in [3.8, 4) is 11.1 Å². The minimum atomic E-state index is -4.57. The lowest BCUT2D eigenvalue weighted by Gasteiger charge is -2.33.